The van der Waals surface area contributed by atoms with Crippen LogP contribution in [0, 0.1) is 0 Å². The predicted octanol–water partition coefficient (Wildman–Crippen LogP) is 0.666. The highest BCUT2D eigenvalue weighted by Gasteiger charge is 2.22. The van der Waals surface area contributed by atoms with E-state index >= 15 is 0 Å². The van der Waals surface area contributed by atoms with Crippen LogP contribution in [0.4, 0.5) is 11.6 Å². The fraction of sp³-hybridized carbons (Fsp3) is 0.294. The van der Waals surface area contributed by atoms with Crippen LogP contribution >= 0.6 is 0 Å². The van der Waals surface area contributed by atoms with Crippen LogP contribution in [0.2, 0.25) is 0 Å². The molecule has 0 aliphatic carbocycles. The van der Waals surface area contributed by atoms with E-state index in [1.807, 2.05) is 31.6 Å². The van der Waals surface area contributed by atoms with Gasteiger partial charge in [0, 0.05) is 51.7 Å². The molecule has 0 saturated carbocycles. The van der Waals surface area contributed by atoms with Gasteiger partial charge in [-0.05, 0) is 6.07 Å². The summed E-state index contributed by atoms with van der Waals surface area (Å²) in [5, 5.41) is 9.52. The Morgan fingerprint density at radius 1 is 0.852 bits per heavy atom. The van der Waals surface area contributed by atoms with Crippen molar-refractivity contribution in [3.63, 3.8) is 0 Å². The molecule has 1 fully saturated rings. The quantitative estimate of drug-likeness (QED) is 0.525. The summed E-state index contributed by atoms with van der Waals surface area (Å²) in [4.78, 5) is 22.1. The summed E-state index contributed by atoms with van der Waals surface area (Å²) < 4.78 is 3.51. The largest absolute Gasteiger partial charge is 0.353 e. The van der Waals surface area contributed by atoms with Crippen molar-refractivity contribution in [1.82, 2.24) is 39.5 Å². The number of nitrogens with zero attached hydrogens (tertiary/aromatic N) is 10. The van der Waals surface area contributed by atoms with Crippen LogP contribution in [0.15, 0.2) is 43.4 Å². The second-order valence-electron chi connectivity index (χ2n) is 6.36. The number of hydrogen-bond donors (Lipinski definition) is 0. The van der Waals surface area contributed by atoms with E-state index in [1.54, 1.807) is 28.2 Å². The Labute approximate surface area is 155 Å². The van der Waals surface area contributed by atoms with Gasteiger partial charge in [-0.2, -0.15) is 10.2 Å². The molecular formula is C17H18N10. The van der Waals surface area contributed by atoms with E-state index in [9.17, 15) is 0 Å². The first-order valence-corrected chi connectivity index (χ1v) is 8.74. The molecule has 10 nitrogen and oxygen atoms in total. The number of piperazine rings is 1. The molecule has 0 aromatic carbocycles. The Bertz CT molecular complexity index is 1060. The van der Waals surface area contributed by atoms with E-state index in [4.69, 9.17) is 0 Å². The standard InChI is InChI=1S/C17H18N10/c1-24-16-13(10-23-24)17(21-12-20-16)26-7-5-25(6-8-26)14-9-15(19-11-18-14)27-4-2-3-22-27/h2-4,9-12H,5-8H2,1H3. The molecule has 5 rings (SSSR count). The lowest BCUT2D eigenvalue weighted by molar-refractivity contribution is 0.641. The van der Waals surface area contributed by atoms with Gasteiger partial charge in [0.2, 0.25) is 0 Å². The lowest BCUT2D eigenvalue weighted by atomic mass is 10.2. The van der Waals surface area contributed by atoms with E-state index in [1.165, 1.54) is 0 Å². The maximum atomic E-state index is 4.50. The zero-order valence-electron chi connectivity index (χ0n) is 14.8. The molecule has 136 valence electrons. The van der Waals surface area contributed by atoms with E-state index in [-0.39, 0.29) is 0 Å². The molecular weight excluding hydrogens is 344 g/mol. The summed E-state index contributed by atoms with van der Waals surface area (Å²) in [7, 11) is 1.89. The number of rotatable bonds is 3. The third-order valence-corrected chi connectivity index (χ3v) is 4.79. The molecule has 0 atom stereocenters. The molecule has 5 heterocycles. The molecule has 4 aromatic rings. The second kappa shape index (κ2) is 6.31. The maximum Gasteiger partial charge on any atom is 0.163 e. The molecule has 0 N–H and O–H groups in total. The van der Waals surface area contributed by atoms with Gasteiger partial charge in [0.25, 0.3) is 0 Å². The van der Waals surface area contributed by atoms with Crippen LogP contribution < -0.4 is 9.80 Å². The Morgan fingerprint density at radius 2 is 1.63 bits per heavy atom. The highest BCUT2D eigenvalue weighted by Crippen LogP contribution is 2.24. The molecule has 0 radical (unpaired) electrons. The highest BCUT2D eigenvalue weighted by atomic mass is 15.3. The fourth-order valence-electron chi connectivity index (χ4n) is 3.39. The van der Waals surface area contributed by atoms with E-state index in [0.717, 1.165) is 54.7 Å². The highest BCUT2D eigenvalue weighted by molar-refractivity contribution is 5.86. The van der Waals surface area contributed by atoms with Gasteiger partial charge in [-0.3, -0.25) is 4.68 Å². The van der Waals surface area contributed by atoms with Gasteiger partial charge in [-0.25, -0.2) is 24.6 Å². The van der Waals surface area contributed by atoms with E-state index in [2.05, 4.69) is 39.9 Å². The van der Waals surface area contributed by atoms with Crippen molar-refractivity contribution >= 4 is 22.7 Å². The smallest absolute Gasteiger partial charge is 0.163 e. The fourth-order valence-corrected chi connectivity index (χ4v) is 3.39. The Hall–Kier alpha value is -3.56. The van der Waals surface area contributed by atoms with Crippen molar-refractivity contribution in [3.8, 4) is 5.82 Å². The molecule has 0 bridgehead atoms. The molecule has 0 amide bonds. The van der Waals surface area contributed by atoms with Crippen LogP contribution in [0.1, 0.15) is 0 Å². The minimum Gasteiger partial charge on any atom is -0.353 e. The first-order valence-electron chi connectivity index (χ1n) is 8.74. The number of anilines is 2. The average molecular weight is 362 g/mol. The van der Waals surface area contributed by atoms with Crippen molar-refractivity contribution in [1.29, 1.82) is 0 Å². The molecule has 4 aromatic heterocycles. The average Bonchev–Trinajstić information content (AvgIpc) is 3.39. The second-order valence-corrected chi connectivity index (χ2v) is 6.36. The number of aryl methyl sites for hydroxylation is 1. The molecule has 0 spiro atoms. The van der Waals surface area contributed by atoms with Gasteiger partial charge in [-0.15, -0.1) is 0 Å². The molecule has 1 aliphatic heterocycles. The minimum atomic E-state index is 0.764. The van der Waals surface area contributed by atoms with Gasteiger partial charge in [-0.1, -0.05) is 0 Å². The number of hydrogen-bond acceptors (Lipinski definition) is 8. The summed E-state index contributed by atoms with van der Waals surface area (Å²) in [5.41, 5.74) is 0.849. The van der Waals surface area contributed by atoms with Crippen molar-refractivity contribution < 1.29 is 0 Å². The third-order valence-electron chi connectivity index (χ3n) is 4.79. The summed E-state index contributed by atoms with van der Waals surface area (Å²) in [6.07, 6.45) is 8.63. The van der Waals surface area contributed by atoms with E-state index < -0.39 is 0 Å². The molecule has 27 heavy (non-hydrogen) atoms. The Morgan fingerprint density at radius 3 is 2.44 bits per heavy atom. The van der Waals surface area contributed by atoms with Crippen molar-refractivity contribution in [2.75, 3.05) is 36.0 Å². The van der Waals surface area contributed by atoms with Gasteiger partial charge < -0.3 is 9.80 Å². The van der Waals surface area contributed by atoms with Gasteiger partial charge in [0.05, 0.1) is 11.6 Å². The number of aromatic nitrogens is 8. The summed E-state index contributed by atoms with van der Waals surface area (Å²) >= 11 is 0. The topological polar surface area (TPSA) is 93.7 Å². The monoisotopic (exact) mass is 362 g/mol. The first kappa shape index (κ1) is 15.7. The van der Waals surface area contributed by atoms with Gasteiger partial charge >= 0.3 is 0 Å². The molecule has 10 heteroatoms. The minimum absolute atomic E-state index is 0.764. The first-order chi connectivity index (χ1) is 13.3. The maximum absolute atomic E-state index is 4.50. The van der Waals surface area contributed by atoms with Crippen LogP contribution in [0.3, 0.4) is 0 Å². The van der Waals surface area contributed by atoms with E-state index in [0.29, 0.717) is 0 Å². The zero-order chi connectivity index (χ0) is 18.2. The Kier molecular flexibility index (Phi) is 3.66. The van der Waals surface area contributed by atoms with Crippen LogP contribution in [0.25, 0.3) is 16.9 Å². The van der Waals surface area contributed by atoms with Crippen molar-refractivity contribution in [2.24, 2.45) is 7.05 Å². The lowest BCUT2D eigenvalue weighted by Crippen LogP contribution is -2.47. The lowest BCUT2D eigenvalue weighted by Gasteiger charge is -2.36. The zero-order valence-corrected chi connectivity index (χ0v) is 14.8. The van der Waals surface area contributed by atoms with Gasteiger partial charge in [0.15, 0.2) is 11.5 Å². The van der Waals surface area contributed by atoms with Crippen molar-refractivity contribution in [2.45, 2.75) is 0 Å². The number of fused-ring (bicyclic) bond motifs is 1. The molecule has 1 saturated heterocycles. The summed E-state index contributed by atoms with van der Waals surface area (Å²) in [5.74, 6) is 2.61. The predicted molar refractivity (Wildman–Crippen MR) is 99.9 cm³/mol. The molecule has 0 unspecified atom stereocenters. The third kappa shape index (κ3) is 2.75. The Balaban J connectivity index is 1.35. The normalized spacial score (nSPS) is 14.9. The SMILES string of the molecule is Cn1ncc2c(N3CCN(c4cc(-n5cccn5)ncn4)CC3)ncnc21. The van der Waals surface area contributed by atoms with Crippen LogP contribution in [0.5, 0.6) is 0 Å². The molecule has 1 aliphatic rings. The van der Waals surface area contributed by atoms with Gasteiger partial charge in [0.1, 0.15) is 24.3 Å². The van der Waals surface area contributed by atoms with Crippen LogP contribution in [-0.2, 0) is 7.05 Å². The van der Waals surface area contributed by atoms with Crippen molar-refractivity contribution in [3.05, 3.63) is 43.4 Å². The van der Waals surface area contributed by atoms with Crippen LogP contribution in [-0.4, -0.2) is 65.7 Å². The summed E-state index contributed by atoms with van der Waals surface area (Å²) in [6.45, 7) is 3.40. The summed E-state index contributed by atoms with van der Waals surface area (Å²) in [6, 6.07) is 3.84.